The zero-order chi connectivity index (χ0) is 20.0. The van der Waals surface area contributed by atoms with E-state index < -0.39 is 0 Å². The van der Waals surface area contributed by atoms with Crippen LogP contribution in [0.15, 0.2) is 65.9 Å². The van der Waals surface area contributed by atoms with E-state index in [9.17, 15) is 0 Å². The molecule has 29 heavy (non-hydrogen) atoms. The number of anilines is 2. The van der Waals surface area contributed by atoms with Crippen LogP contribution in [0, 0.1) is 4.77 Å². The first-order valence-corrected chi connectivity index (χ1v) is 10.6. The molecular formula is C23H21ClN4S. The van der Waals surface area contributed by atoms with Gasteiger partial charge in [0, 0.05) is 27.9 Å². The second kappa shape index (κ2) is 7.32. The zero-order valence-corrected chi connectivity index (χ0v) is 17.4. The zero-order valence-electron chi connectivity index (χ0n) is 15.9. The van der Waals surface area contributed by atoms with Crippen molar-refractivity contribution in [1.29, 1.82) is 0 Å². The van der Waals surface area contributed by atoms with Crippen molar-refractivity contribution in [2.45, 2.75) is 31.6 Å². The minimum Gasteiger partial charge on any atom is -0.384 e. The van der Waals surface area contributed by atoms with Crippen molar-refractivity contribution >= 4 is 35.5 Å². The molecule has 1 aliphatic heterocycles. The summed E-state index contributed by atoms with van der Waals surface area (Å²) in [5.41, 5.74) is 12.5. The first-order chi connectivity index (χ1) is 14.1. The maximum atomic E-state index is 6.78. The van der Waals surface area contributed by atoms with Crippen LogP contribution in [0.3, 0.4) is 0 Å². The van der Waals surface area contributed by atoms with Gasteiger partial charge in [0.1, 0.15) is 11.6 Å². The number of rotatable bonds is 2. The molecule has 146 valence electrons. The minimum absolute atomic E-state index is 0.0527. The number of nitrogens with zero attached hydrogens (tertiary/aromatic N) is 2. The van der Waals surface area contributed by atoms with Crippen LogP contribution in [0.1, 0.15) is 42.7 Å². The highest BCUT2D eigenvalue weighted by Gasteiger charge is 2.34. The summed E-state index contributed by atoms with van der Waals surface area (Å²) >= 11 is 11.8. The number of aromatic nitrogens is 2. The van der Waals surface area contributed by atoms with Crippen LogP contribution in [-0.4, -0.2) is 9.55 Å². The number of allylic oxidation sites excluding steroid dienone is 2. The molecule has 3 aromatic rings. The highest BCUT2D eigenvalue weighted by Crippen LogP contribution is 2.48. The molecule has 1 unspecified atom stereocenters. The van der Waals surface area contributed by atoms with E-state index in [1.54, 1.807) is 0 Å². The van der Waals surface area contributed by atoms with Gasteiger partial charge in [-0.25, -0.2) is 4.98 Å². The van der Waals surface area contributed by atoms with E-state index in [1.165, 1.54) is 29.7 Å². The molecule has 2 aliphatic rings. The first kappa shape index (κ1) is 18.4. The number of nitrogens with one attached hydrogen (secondary N) is 1. The fourth-order valence-electron chi connectivity index (χ4n) is 4.49. The minimum atomic E-state index is 0.0527. The summed E-state index contributed by atoms with van der Waals surface area (Å²) in [5, 5.41) is 4.28. The number of benzene rings is 2. The van der Waals surface area contributed by atoms with Gasteiger partial charge in [-0.1, -0.05) is 41.9 Å². The van der Waals surface area contributed by atoms with Gasteiger partial charge >= 0.3 is 0 Å². The van der Waals surface area contributed by atoms with E-state index in [4.69, 9.17) is 34.5 Å². The predicted molar refractivity (Wildman–Crippen MR) is 121 cm³/mol. The Kier molecular flexibility index (Phi) is 4.64. The summed E-state index contributed by atoms with van der Waals surface area (Å²) in [4.78, 5) is 4.76. The van der Waals surface area contributed by atoms with E-state index >= 15 is 0 Å². The lowest BCUT2D eigenvalue weighted by Gasteiger charge is -2.35. The highest BCUT2D eigenvalue weighted by molar-refractivity contribution is 7.71. The lowest BCUT2D eigenvalue weighted by atomic mass is 9.77. The van der Waals surface area contributed by atoms with Gasteiger partial charge in [-0.3, -0.25) is 4.57 Å². The molecule has 4 nitrogen and oxygen atoms in total. The Labute approximate surface area is 180 Å². The summed E-state index contributed by atoms with van der Waals surface area (Å²) < 4.78 is 2.32. The molecule has 6 heteroatoms. The van der Waals surface area contributed by atoms with E-state index in [2.05, 4.69) is 17.4 Å². The molecule has 5 rings (SSSR count). The smallest absolute Gasteiger partial charge is 0.207 e. The van der Waals surface area contributed by atoms with Crippen molar-refractivity contribution in [2.75, 3.05) is 11.1 Å². The Bertz CT molecular complexity index is 1170. The maximum Gasteiger partial charge on any atom is 0.207 e. The van der Waals surface area contributed by atoms with Crippen molar-refractivity contribution in [1.82, 2.24) is 9.55 Å². The van der Waals surface area contributed by atoms with Gasteiger partial charge < -0.3 is 11.1 Å². The molecular weight excluding hydrogens is 400 g/mol. The van der Waals surface area contributed by atoms with Crippen molar-refractivity contribution in [3.8, 4) is 5.69 Å². The molecule has 0 spiro atoms. The maximum absolute atomic E-state index is 6.78. The highest BCUT2D eigenvalue weighted by atomic mass is 35.5. The summed E-state index contributed by atoms with van der Waals surface area (Å²) in [5.74, 6) is 1.47. The van der Waals surface area contributed by atoms with E-state index in [1.807, 2.05) is 47.0 Å². The van der Waals surface area contributed by atoms with Crippen LogP contribution in [-0.2, 0) is 0 Å². The molecule has 1 atom stereocenters. The van der Waals surface area contributed by atoms with Crippen molar-refractivity contribution in [2.24, 2.45) is 0 Å². The first-order valence-electron chi connectivity index (χ1n) is 9.85. The van der Waals surface area contributed by atoms with Crippen LogP contribution in [0.25, 0.3) is 5.69 Å². The van der Waals surface area contributed by atoms with Crippen molar-refractivity contribution < 1.29 is 0 Å². The van der Waals surface area contributed by atoms with Crippen LogP contribution < -0.4 is 11.1 Å². The Hall–Kier alpha value is -2.63. The Morgan fingerprint density at radius 1 is 1.03 bits per heavy atom. The summed E-state index contributed by atoms with van der Waals surface area (Å²) in [6, 6.07) is 18.0. The number of nitrogen functional groups attached to an aromatic ring is 1. The van der Waals surface area contributed by atoms with E-state index in [-0.39, 0.29) is 5.92 Å². The van der Waals surface area contributed by atoms with Gasteiger partial charge in [0.2, 0.25) is 4.77 Å². The third kappa shape index (κ3) is 3.15. The summed E-state index contributed by atoms with van der Waals surface area (Å²) in [6.07, 6.45) is 4.45. The SMILES string of the molecule is Nc1c2c(nc(=S)n1-c1ccccc1)NC1=C(CCCC1)C2c1ccc(Cl)cc1. The standard InChI is InChI=1S/C23H21ClN4S/c24-15-12-10-14(11-13-15)19-17-8-4-5-9-18(17)26-22-20(19)21(25)28(23(29)27-22)16-6-2-1-3-7-16/h1-3,6-7,10-13,19H,4-5,8-9,25H2,(H,26,27,29). The molecule has 0 radical (unpaired) electrons. The number of fused-ring (bicyclic) bond motifs is 1. The monoisotopic (exact) mass is 420 g/mol. The molecule has 3 N–H and O–H groups in total. The molecule has 0 saturated heterocycles. The molecule has 0 saturated carbocycles. The molecule has 1 aliphatic carbocycles. The Balaban J connectivity index is 1.77. The van der Waals surface area contributed by atoms with E-state index in [0.717, 1.165) is 34.9 Å². The van der Waals surface area contributed by atoms with Crippen LogP contribution >= 0.6 is 23.8 Å². The van der Waals surface area contributed by atoms with Crippen LogP contribution in [0.2, 0.25) is 5.02 Å². The summed E-state index contributed by atoms with van der Waals surface area (Å²) in [6.45, 7) is 0. The fraction of sp³-hybridized carbons (Fsp3) is 0.217. The third-order valence-electron chi connectivity index (χ3n) is 5.81. The molecule has 0 bridgehead atoms. The predicted octanol–water partition coefficient (Wildman–Crippen LogP) is 6.22. The second-order valence-electron chi connectivity index (χ2n) is 7.53. The van der Waals surface area contributed by atoms with Gasteiger partial charge in [-0.15, -0.1) is 0 Å². The number of hydrogen-bond acceptors (Lipinski definition) is 4. The van der Waals surface area contributed by atoms with Gasteiger partial charge in [0.05, 0.1) is 0 Å². The second-order valence-corrected chi connectivity index (χ2v) is 8.33. The molecule has 1 aromatic heterocycles. The van der Waals surface area contributed by atoms with Crippen LogP contribution in [0.5, 0.6) is 0 Å². The quantitative estimate of drug-likeness (QED) is 0.483. The lowest BCUT2D eigenvalue weighted by Crippen LogP contribution is -2.25. The van der Waals surface area contributed by atoms with Crippen molar-refractivity contribution in [3.05, 3.63) is 86.8 Å². The molecule has 2 aromatic carbocycles. The number of halogens is 1. The number of nitrogens with two attached hydrogens (primary N) is 1. The third-order valence-corrected chi connectivity index (χ3v) is 6.33. The Morgan fingerprint density at radius 3 is 2.52 bits per heavy atom. The van der Waals surface area contributed by atoms with E-state index in [0.29, 0.717) is 10.6 Å². The van der Waals surface area contributed by atoms with Crippen molar-refractivity contribution in [3.63, 3.8) is 0 Å². The fourth-order valence-corrected chi connectivity index (χ4v) is 4.91. The number of para-hydroxylation sites is 1. The molecule has 2 heterocycles. The number of hydrogen-bond donors (Lipinski definition) is 2. The summed E-state index contributed by atoms with van der Waals surface area (Å²) in [7, 11) is 0. The largest absolute Gasteiger partial charge is 0.384 e. The topological polar surface area (TPSA) is 55.9 Å². The lowest BCUT2D eigenvalue weighted by molar-refractivity contribution is 0.632. The van der Waals surface area contributed by atoms with Gasteiger partial charge in [0.15, 0.2) is 0 Å². The van der Waals surface area contributed by atoms with Gasteiger partial charge in [-0.05, 0) is 73.3 Å². The van der Waals surface area contributed by atoms with Gasteiger partial charge in [0.25, 0.3) is 0 Å². The average Bonchev–Trinajstić information content (AvgIpc) is 2.74. The van der Waals surface area contributed by atoms with Gasteiger partial charge in [-0.2, -0.15) is 0 Å². The molecule has 0 fully saturated rings. The Morgan fingerprint density at radius 2 is 1.76 bits per heavy atom. The average molecular weight is 421 g/mol. The van der Waals surface area contributed by atoms with Crippen LogP contribution in [0.4, 0.5) is 11.6 Å². The normalized spacial score (nSPS) is 18.0. The molecule has 0 amide bonds.